The first-order chi connectivity index (χ1) is 7.60. The predicted octanol–water partition coefficient (Wildman–Crippen LogP) is 2.46. The summed E-state index contributed by atoms with van der Waals surface area (Å²) in [6, 6.07) is 5.15. The Bertz CT molecular complexity index is 409. The Morgan fingerprint density at radius 1 is 1.50 bits per heavy atom. The zero-order chi connectivity index (χ0) is 12.1. The molecule has 0 saturated carbocycles. The average molecular weight is 221 g/mol. The number of anilines is 2. The average Bonchev–Trinajstić information content (AvgIpc) is 2.26. The smallest absolute Gasteiger partial charge is 0.128 e. The van der Waals surface area contributed by atoms with E-state index in [-0.39, 0.29) is 5.82 Å². The van der Waals surface area contributed by atoms with Crippen molar-refractivity contribution < 1.29 is 4.39 Å². The molecule has 0 bridgehead atoms. The number of nitrogens with zero attached hydrogens (tertiary/aromatic N) is 2. The van der Waals surface area contributed by atoms with Gasteiger partial charge in [0, 0.05) is 13.1 Å². The molecular weight excluding hydrogens is 205 g/mol. The number of halogens is 1. The molecule has 1 aromatic carbocycles. The van der Waals surface area contributed by atoms with Crippen LogP contribution < -0.4 is 10.6 Å². The monoisotopic (exact) mass is 221 g/mol. The summed E-state index contributed by atoms with van der Waals surface area (Å²) in [4.78, 5) is 1.98. The first-order valence-electron chi connectivity index (χ1n) is 5.27. The minimum atomic E-state index is -0.294. The molecule has 3 nitrogen and oxygen atoms in total. The number of nitriles is 1. The number of hydrogen-bond acceptors (Lipinski definition) is 3. The van der Waals surface area contributed by atoms with Crippen molar-refractivity contribution in [3.63, 3.8) is 0 Å². The van der Waals surface area contributed by atoms with Crippen molar-refractivity contribution in [2.45, 2.75) is 20.3 Å². The largest absolute Gasteiger partial charge is 0.397 e. The quantitative estimate of drug-likeness (QED) is 0.794. The zero-order valence-electron chi connectivity index (χ0n) is 9.63. The molecule has 0 atom stereocenters. The van der Waals surface area contributed by atoms with Crippen molar-refractivity contribution in [1.82, 2.24) is 0 Å². The minimum Gasteiger partial charge on any atom is -0.397 e. The molecule has 0 fully saturated rings. The molecule has 0 heterocycles. The van der Waals surface area contributed by atoms with E-state index in [1.54, 1.807) is 13.0 Å². The molecule has 0 aliphatic heterocycles. The standard InChI is InChI=1S/C12H16FN3/c1-3-16(6-4-5-14)12-7-9(2)10(13)8-11(12)15/h7-8H,3-4,6,15H2,1-2H3. The van der Waals surface area contributed by atoms with Crippen LogP contribution in [0.5, 0.6) is 0 Å². The van der Waals surface area contributed by atoms with Gasteiger partial charge in [-0.25, -0.2) is 4.39 Å². The number of nitrogens with two attached hydrogens (primary N) is 1. The SMILES string of the molecule is CCN(CCC#N)c1cc(C)c(F)cc1N. The summed E-state index contributed by atoms with van der Waals surface area (Å²) in [6.07, 6.45) is 0.434. The van der Waals surface area contributed by atoms with Crippen molar-refractivity contribution >= 4 is 11.4 Å². The van der Waals surface area contributed by atoms with Crippen LogP contribution in [0.15, 0.2) is 12.1 Å². The lowest BCUT2D eigenvalue weighted by atomic mass is 10.1. The second-order valence-electron chi connectivity index (χ2n) is 3.65. The molecular formula is C12H16FN3. The Balaban J connectivity index is 3.01. The first-order valence-corrected chi connectivity index (χ1v) is 5.27. The molecule has 2 N–H and O–H groups in total. The Kier molecular flexibility index (Phi) is 4.12. The predicted molar refractivity (Wildman–Crippen MR) is 63.7 cm³/mol. The first kappa shape index (κ1) is 12.3. The van der Waals surface area contributed by atoms with E-state index < -0.39 is 0 Å². The highest BCUT2D eigenvalue weighted by Gasteiger charge is 2.10. The molecule has 0 amide bonds. The van der Waals surface area contributed by atoms with E-state index in [1.807, 2.05) is 11.8 Å². The molecule has 16 heavy (non-hydrogen) atoms. The van der Waals surface area contributed by atoms with E-state index in [2.05, 4.69) is 6.07 Å². The van der Waals surface area contributed by atoms with E-state index in [0.29, 0.717) is 24.2 Å². The molecule has 0 spiro atoms. The van der Waals surface area contributed by atoms with Crippen LogP contribution in [0, 0.1) is 24.1 Å². The van der Waals surface area contributed by atoms with Gasteiger partial charge in [0.05, 0.1) is 23.9 Å². The maximum Gasteiger partial charge on any atom is 0.128 e. The number of nitrogen functional groups attached to an aromatic ring is 1. The fourth-order valence-corrected chi connectivity index (χ4v) is 1.59. The van der Waals surface area contributed by atoms with Crippen LogP contribution in [-0.4, -0.2) is 13.1 Å². The third kappa shape index (κ3) is 2.63. The molecule has 0 aromatic heterocycles. The maximum atomic E-state index is 13.2. The second-order valence-corrected chi connectivity index (χ2v) is 3.65. The molecule has 1 aromatic rings. The van der Waals surface area contributed by atoms with Crippen LogP contribution in [0.2, 0.25) is 0 Å². The summed E-state index contributed by atoms with van der Waals surface area (Å²) in [5, 5.41) is 8.56. The number of benzene rings is 1. The van der Waals surface area contributed by atoms with Crippen LogP contribution in [-0.2, 0) is 0 Å². The lowest BCUT2D eigenvalue weighted by molar-refractivity contribution is 0.619. The van der Waals surface area contributed by atoms with E-state index in [0.717, 1.165) is 12.2 Å². The van der Waals surface area contributed by atoms with Gasteiger partial charge in [-0.15, -0.1) is 0 Å². The summed E-state index contributed by atoms with van der Waals surface area (Å²) in [6.45, 7) is 5.05. The van der Waals surface area contributed by atoms with Gasteiger partial charge in [0.15, 0.2) is 0 Å². The summed E-state index contributed by atoms with van der Waals surface area (Å²) in [7, 11) is 0. The van der Waals surface area contributed by atoms with Crippen LogP contribution >= 0.6 is 0 Å². The van der Waals surface area contributed by atoms with E-state index in [1.165, 1.54) is 6.07 Å². The van der Waals surface area contributed by atoms with Crippen LogP contribution in [0.25, 0.3) is 0 Å². The highest BCUT2D eigenvalue weighted by atomic mass is 19.1. The highest BCUT2D eigenvalue weighted by Crippen LogP contribution is 2.26. The summed E-state index contributed by atoms with van der Waals surface area (Å²) in [5.41, 5.74) is 7.56. The third-order valence-electron chi connectivity index (χ3n) is 2.52. The van der Waals surface area contributed by atoms with Gasteiger partial charge in [-0.05, 0) is 31.5 Å². The molecule has 0 saturated heterocycles. The van der Waals surface area contributed by atoms with Gasteiger partial charge in [-0.2, -0.15) is 5.26 Å². The van der Waals surface area contributed by atoms with Gasteiger partial charge in [-0.1, -0.05) is 0 Å². The molecule has 86 valence electrons. The van der Waals surface area contributed by atoms with Gasteiger partial charge in [-0.3, -0.25) is 0 Å². The fraction of sp³-hybridized carbons (Fsp3) is 0.417. The van der Waals surface area contributed by atoms with Gasteiger partial charge in [0.2, 0.25) is 0 Å². The van der Waals surface area contributed by atoms with Crippen molar-refractivity contribution in [2.24, 2.45) is 0 Å². The lowest BCUT2D eigenvalue weighted by Gasteiger charge is -2.24. The van der Waals surface area contributed by atoms with Crippen LogP contribution in [0.4, 0.5) is 15.8 Å². The molecule has 0 aliphatic rings. The van der Waals surface area contributed by atoms with Gasteiger partial charge < -0.3 is 10.6 Å². The molecule has 1 rings (SSSR count). The fourth-order valence-electron chi connectivity index (χ4n) is 1.59. The Morgan fingerprint density at radius 2 is 2.19 bits per heavy atom. The van der Waals surface area contributed by atoms with Crippen molar-refractivity contribution in [3.8, 4) is 6.07 Å². The number of hydrogen-bond donors (Lipinski definition) is 1. The number of aryl methyl sites for hydroxylation is 1. The second kappa shape index (κ2) is 5.36. The van der Waals surface area contributed by atoms with Crippen LogP contribution in [0.3, 0.4) is 0 Å². The van der Waals surface area contributed by atoms with E-state index in [9.17, 15) is 4.39 Å². The van der Waals surface area contributed by atoms with Gasteiger partial charge in [0.25, 0.3) is 0 Å². The minimum absolute atomic E-state index is 0.294. The van der Waals surface area contributed by atoms with Crippen molar-refractivity contribution in [3.05, 3.63) is 23.5 Å². The maximum absolute atomic E-state index is 13.2. The van der Waals surface area contributed by atoms with Crippen molar-refractivity contribution in [1.29, 1.82) is 5.26 Å². The molecule has 0 aliphatic carbocycles. The third-order valence-corrected chi connectivity index (χ3v) is 2.52. The molecule has 4 heteroatoms. The topological polar surface area (TPSA) is 53.0 Å². The Labute approximate surface area is 95.3 Å². The van der Waals surface area contributed by atoms with Crippen LogP contribution in [0.1, 0.15) is 18.9 Å². The Hall–Kier alpha value is -1.76. The van der Waals surface area contributed by atoms with E-state index in [4.69, 9.17) is 11.0 Å². The number of rotatable bonds is 4. The Morgan fingerprint density at radius 3 is 2.75 bits per heavy atom. The lowest BCUT2D eigenvalue weighted by Crippen LogP contribution is -2.24. The summed E-state index contributed by atoms with van der Waals surface area (Å²) in [5.74, 6) is -0.294. The summed E-state index contributed by atoms with van der Waals surface area (Å²) >= 11 is 0. The molecule has 0 radical (unpaired) electrons. The normalized spacial score (nSPS) is 9.88. The van der Waals surface area contributed by atoms with E-state index >= 15 is 0 Å². The summed E-state index contributed by atoms with van der Waals surface area (Å²) < 4.78 is 13.2. The zero-order valence-corrected chi connectivity index (χ0v) is 9.63. The highest BCUT2D eigenvalue weighted by molar-refractivity contribution is 5.68. The van der Waals surface area contributed by atoms with Gasteiger partial charge in [0.1, 0.15) is 5.82 Å². The van der Waals surface area contributed by atoms with Gasteiger partial charge >= 0.3 is 0 Å². The van der Waals surface area contributed by atoms with Crippen molar-refractivity contribution in [2.75, 3.05) is 23.7 Å². The molecule has 0 unspecified atom stereocenters.